The summed E-state index contributed by atoms with van der Waals surface area (Å²) in [6.07, 6.45) is 1.81. The molecule has 0 bridgehead atoms. The molecule has 1 unspecified atom stereocenters. The molecule has 3 aromatic rings. The van der Waals surface area contributed by atoms with Gasteiger partial charge in [-0.25, -0.2) is 18.1 Å². The van der Waals surface area contributed by atoms with Gasteiger partial charge in [0.2, 0.25) is 10.0 Å². The Hall–Kier alpha value is -2.24. The minimum atomic E-state index is -3.25. The summed E-state index contributed by atoms with van der Waals surface area (Å²) in [5.74, 6) is 0. The largest absolute Gasteiger partial charge is 0.456 e. The molecule has 0 saturated carbocycles. The van der Waals surface area contributed by atoms with E-state index in [1.807, 2.05) is 24.3 Å². The van der Waals surface area contributed by atoms with Crippen LogP contribution in [0.4, 0.5) is 0 Å². The van der Waals surface area contributed by atoms with Crippen molar-refractivity contribution in [2.75, 3.05) is 19.5 Å². The molecule has 0 aliphatic carbocycles. The first-order chi connectivity index (χ1) is 14.9. The van der Waals surface area contributed by atoms with Crippen molar-refractivity contribution in [2.45, 2.75) is 31.3 Å². The van der Waals surface area contributed by atoms with Gasteiger partial charge in [0.05, 0.1) is 35.2 Å². The van der Waals surface area contributed by atoms with Crippen molar-refractivity contribution in [1.29, 1.82) is 0 Å². The Bertz CT molecular complexity index is 1210. The SMILES string of the molecule is CS(=O)(=O)NCc1ccc(-c2nc3nc(OC4CO[C@@H]5CCO[C@H]45)[nH]c3cc2Cl)cc1. The highest BCUT2D eigenvalue weighted by Gasteiger charge is 2.43. The van der Waals surface area contributed by atoms with E-state index >= 15 is 0 Å². The Kier molecular flexibility index (Phi) is 5.35. The predicted octanol–water partition coefficient (Wildman–Crippen LogP) is 2.26. The molecule has 2 aromatic heterocycles. The molecule has 5 rings (SSSR count). The van der Waals surface area contributed by atoms with E-state index in [-0.39, 0.29) is 24.9 Å². The molecule has 0 amide bonds. The highest BCUT2D eigenvalue weighted by Crippen LogP contribution is 2.32. The average molecular weight is 465 g/mol. The third-order valence-corrected chi connectivity index (χ3v) is 6.31. The van der Waals surface area contributed by atoms with Crippen LogP contribution in [0.3, 0.4) is 0 Å². The summed E-state index contributed by atoms with van der Waals surface area (Å²) in [6.45, 7) is 1.36. The molecule has 11 heteroatoms. The Labute approximate surface area is 184 Å². The van der Waals surface area contributed by atoms with Crippen LogP contribution >= 0.6 is 11.6 Å². The maximum Gasteiger partial charge on any atom is 0.296 e. The number of sulfonamides is 1. The fourth-order valence-corrected chi connectivity index (χ4v) is 4.51. The molecule has 2 fully saturated rings. The summed E-state index contributed by atoms with van der Waals surface area (Å²) in [4.78, 5) is 12.2. The van der Waals surface area contributed by atoms with E-state index in [9.17, 15) is 8.42 Å². The third-order valence-electron chi connectivity index (χ3n) is 5.35. The second kappa shape index (κ2) is 8.03. The second-order valence-electron chi connectivity index (χ2n) is 7.67. The van der Waals surface area contributed by atoms with Crippen LogP contribution in [0.15, 0.2) is 30.3 Å². The molecule has 9 nitrogen and oxygen atoms in total. The average Bonchev–Trinajstić information content (AvgIpc) is 3.43. The fraction of sp³-hybridized carbons (Fsp3) is 0.400. The summed E-state index contributed by atoms with van der Waals surface area (Å²) >= 11 is 6.47. The van der Waals surface area contributed by atoms with Crippen molar-refractivity contribution in [3.63, 3.8) is 0 Å². The lowest BCUT2D eigenvalue weighted by molar-refractivity contribution is 0.0273. The van der Waals surface area contributed by atoms with E-state index in [1.165, 1.54) is 0 Å². The van der Waals surface area contributed by atoms with Crippen LogP contribution in [0.5, 0.6) is 6.01 Å². The van der Waals surface area contributed by atoms with Gasteiger partial charge in [0, 0.05) is 18.7 Å². The maximum absolute atomic E-state index is 11.3. The number of ether oxygens (including phenoxy) is 3. The number of rotatable bonds is 6. The molecular weight excluding hydrogens is 444 g/mol. The second-order valence-corrected chi connectivity index (χ2v) is 9.91. The van der Waals surface area contributed by atoms with Crippen LogP contribution in [-0.2, 0) is 26.0 Å². The van der Waals surface area contributed by atoms with E-state index in [0.717, 1.165) is 23.8 Å². The highest BCUT2D eigenvalue weighted by molar-refractivity contribution is 7.88. The number of halogens is 1. The zero-order valence-corrected chi connectivity index (χ0v) is 18.2. The summed E-state index contributed by atoms with van der Waals surface area (Å²) in [5, 5.41) is 0.466. The molecule has 1 aromatic carbocycles. The van der Waals surface area contributed by atoms with E-state index in [0.29, 0.717) is 41.1 Å². The van der Waals surface area contributed by atoms with Crippen LogP contribution in [0, 0.1) is 0 Å². The number of aromatic amines is 1. The van der Waals surface area contributed by atoms with E-state index < -0.39 is 10.0 Å². The Morgan fingerprint density at radius 3 is 2.84 bits per heavy atom. The van der Waals surface area contributed by atoms with E-state index in [1.54, 1.807) is 6.07 Å². The van der Waals surface area contributed by atoms with Crippen molar-refractivity contribution in [3.05, 3.63) is 40.9 Å². The standard InChI is InChI=1S/C20H21ClN4O5S/c1-31(26,27)22-9-11-2-4-12(5-3-11)17-13(21)8-14-19(24-17)25-20(23-14)30-16-10-29-15-6-7-28-18(15)16/h2-5,8,15-16,18,22H,6-7,9-10H2,1H3,(H,23,24,25)/t15-,16?,18+/m1/s1. The molecule has 3 atom stereocenters. The number of aromatic nitrogens is 3. The van der Waals surface area contributed by atoms with Gasteiger partial charge >= 0.3 is 0 Å². The van der Waals surface area contributed by atoms with E-state index in [4.69, 9.17) is 25.8 Å². The number of pyridine rings is 1. The molecule has 2 N–H and O–H groups in total. The van der Waals surface area contributed by atoms with Gasteiger partial charge in [-0.05, 0) is 18.1 Å². The summed E-state index contributed by atoms with van der Waals surface area (Å²) in [7, 11) is -3.25. The van der Waals surface area contributed by atoms with Crippen molar-refractivity contribution in [1.82, 2.24) is 19.7 Å². The number of hydrogen-bond donors (Lipinski definition) is 2. The van der Waals surface area contributed by atoms with Crippen LogP contribution < -0.4 is 9.46 Å². The molecule has 0 radical (unpaired) electrons. The number of H-pyrrole nitrogens is 1. The quantitative estimate of drug-likeness (QED) is 0.574. The Morgan fingerprint density at radius 2 is 2.06 bits per heavy atom. The normalized spacial score (nSPS) is 23.4. The first-order valence-corrected chi connectivity index (χ1v) is 12.1. The molecule has 2 saturated heterocycles. The number of nitrogens with one attached hydrogen (secondary N) is 2. The molecule has 4 heterocycles. The van der Waals surface area contributed by atoms with Gasteiger partial charge in [-0.1, -0.05) is 35.9 Å². The topological polar surface area (TPSA) is 115 Å². The molecule has 31 heavy (non-hydrogen) atoms. The smallest absolute Gasteiger partial charge is 0.296 e. The molecule has 2 aliphatic rings. The van der Waals surface area contributed by atoms with Crippen molar-refractivity contribution < 1.29 is 22.6 Å². The lowest BCUT2D eigenvalue weighted by atomic mass is 10.1. The van der Waals surface area contributed by atoms with Gasteiger partial charge in [-0.2, -0.15) is 4.98 Å². The molecule has 2 aliphatic heterocycles. The van der Waals surface area contributed by atoms with Crippen molar-refractivity contribution in [3.8, 4) is 17.3 Å². The lowest BCUT2D eigenvalue weighted by Crippen LogP contribution is -2.32. The lowest BCUT2D eigenvalue weighted by Gasteiger charge is -2.15. The minimum Gasteiger partial charge on any atom is -0.456 e. The third kappa shape index (κ3) is 4.39. The maximum atomic E-state index is 11.3. The molecule has 164 valence electrons. The first-order valence-electron chi connectivity index (χ1n) is 9.86. The number of fused-ring (bicyclic) bond motifs is 2. The van der Waals surface area contributed by atoms with Crippen molar-refractivity contribution in [2.24, 2.45) is 0 Å². The van der Waals surface area contributed by atoms with Crippen LogP contribution in [0.1, 0.15) is 12.0 Å². The van der Waals surface area contributed by atoms with Gasteiger partial charge in [-0.15, -0.1) is 0 Å². The van der Waals surface area contributed by atoms with Gasteiger partial charge in [-0.3, -0.25) is 0 Å². The van der Waals surface area contributed by atoms with Gasteiger partial charge in [0.25, 0.3) is 6.01 Å². The highest BCUT2D eigenvalue weighted by atomic mass is 35.5. The van der Waals surface area contributed by atoms with Crippen molar-refractivity contribution >= 4 is 32.8 Å². The molecule has 0 spiro atoms. The Balaban J connectivity index is 1.36. The van der Waals surface area contributed by atoms with E-state index in [2.05, 4.69) is 19.7 Å². The number of benzene rings is 1. The molecular formula is C20H21ClN4O5S. The number of imidazole rings is 1. The van der Waals surface area contributed by atoms with Gasteiger partial charge in [0.15, 0.2) is 11.8 Å². The zero-order valence-electron chi connectivity index (χ0n) is 16.7. The fourth-order valence-electron chi connectivity index (χ4n) is 3.82. The van der Waals surface area contributed by atoms with Crippen LogP contribution in [-0.4, -0.2) is 61.2 Å². The zero-order chi connectivity index (χ0) is 21.6. The monoisotopic (exact) mass is 464 g/mol. The Morgan fingerprint density at radius 1 is 1.26 bits per heavy atom. The minimum absolute atomic E-state index is 0.0731. The predicted molar refractivity (Wildman–Crippen MR) is 115 cm³/mol. The first kappa shape index (κ1) is 20.7. The summed E-state index contributed by atoms with van der Waals surface area (Å²) in [5.41, 5.74) is 3.36. The summed E-state index contributed by atoms with van der Waals surface area (Å²) < 4.78 is 42.4. The van der Waals surface area contributed by atoms with Gasteiger partial charge in [0.1, 0.15) is 6.10 Å². The van der Waals surface area contributed by atoms with Crippen LogP contribution in [0.2, 0.25) is 5.02 Å². The number of nitrogens with zero attached hydrogens (tertiary/aromatic N) is 2. The number of hydrogen-bond acceptors (Lipinski definition) is 7. The van der Waals surface area contributed by atoms with Gasteiger partial charge < -0.3 is 19.2 Å². The van der Waals surface area contributed by atoms with Crippen LogP contribution in [0.25, 0.3) is 22.4 Å². The summed E-state index contributed by atoms with van der Waals surface area (Å²) in [6, 6.07) is 9.45.